The van der Waals surface area contributed by atoms with Gasteiger partial charge in [0.05, 0.1) is 0 Å². The molecule has 4 N–H and O–H groups in total. The van der Waals surface area contributed by atoms with Crippen molar-refractivity contribution in [2.75, 3.05) is 13.1 Å². The lowest BCUT2D eigenvalue weighted by molar-refractivity contribution is -0.137. The van der Waals surface area contributed by atoms with Crippen molar-refractivity contribution in [3.05, 3.63) is 0 Å². The van der Waals surface area contributed by atoms with Gasteiger partial charge >= 0.3 is 5.97 Å². The minimum Gasteiger partial charge on any atom is -0.481 e. The number of aliphatic carboxylic acids is 1. The summed E-state index contributed by atoms with van der Waals surface area (Å²) in [6, 6.07) is 0. The first-order valence-electron chi connectivity index (χ1n) is 4.85. The number of nitrogens with one attached hydrogen (secondary N) is 1. The van der Waals surface area contributed by atoms with Gasteiger partial charge in [-0.2, -0.15) is 0 Å². The molecule has 0 aromatic carbocycles. The molecule has 0 aliphatic carbocycles. The average Bonchev–Trinajstić information content (AvgIpc) is 2.12. The molecule has 0 atom stereocenters. The summed E-state index contributed by atoms with van der Waals surface area (Å²) in [5.74, 6) is -0.941. The number of unbranched alkanes of at least 4 members (excludes halogenated alkanes) is 1. The maximum atomic E-state index is 11.1. The van der Waals surface area contributed by atoms with Gasteiger partial charge in [0.25, 0.3) is 0 Å². The van der Waals surface area contributed by atoms with Gasteiger partial charge in [0.1, 0.15) is 0 Å². The van der Waals surface area contributed by atoms with Gasteiger partial charge in [-0.1, -0.05) is 0 Å². The van der Waals surface area contributed by atoms with Crippen molar-refractivity contribution in [2.24, 2.45) is 5.73 Å². The van der Waals surface area contributed by atoms with Gasteiger partial charge in [-0.05, 0) is 25.8 Å². The van der Waals surface area contributed by atoms with E-state index in [0.717, 1.165) is 12.8 Å². The van der Waals surface area contributed by atoms with Crippen LogP contribution in [0.2, 0.25) is 0 Å². The molecule has 0 aromatic rings. The minimum absolute atomic E-state index is 0.0518. The molecule has 0 aliphatic heterocycles. The molecule has 0 saturated heterocycles. The van der Waals surface area contributed by atoms with Crippen LogP contribution in [0, 0.1) is 0 Å². The smallest absolute Gasteiger partial charge is 0.303 e. The highest BCUT2D eigenvalue weighted by Gasteiger charge is 2.02. The first-order chi connectivity index (χ1) is 6.66. The molecule has 0 bridgehead atoms. The minimum atomic E-state index is -0.860. The van der Waals surface area contributed by atoms with Gasteiger partial charge in [-0.15, -0.1) is 0 Å². The summed E-state index contributed by atoms with van der Waals surface area (Å²) in [5.41, 5.74) is 5.28. The molecular formula is C9H18N2O3. The van der Waals surface area contributed by atoms with Crippen LogP contribution in [0.25, 0.3) is 0 Å². The Morgan fingerprint density at radius 2 is 1.86 bits per heavy atom. The molecule has 0 aromatic heterocycles. The number of carbonyl (C=O) groups excluding carboxylic acids is 1. The van der Waals surface area contributed by atoms with Crippen LogP contribution in [0.3, 0.4) is 0 Å². The third-order valence-corrected chi connectivity index (χ3v) is 1.75. The highest BCUT2D eigenvalue weighted by atomic mass is 16.4. The predicted octanol–water partition coefficient (Wildman–Crippen LogP) is 0.0964. The topological polar surface area (TPSA) is 92.4 Å². The quantitative estimate of drug-likeness (QED) is 0.486. The normalized spacial score (nSPS) is 9.79. The summed E-state index contributed by atoms with van der Waals surface area (Å²) in [5, 5.41) is 11.0. The Morgan fingerprint density at radius 3 is 2.43 bits per heavy atom. The van der Waals surface area contributed by atoms with E-state index >= 15 is 0 Å². The number of carbonyl (C=O) groups is 2. The third-order valence-electron chi connectivity index (χ3n) is 1.75. The van der Waals surface area contributed by atoms with Gasteiger partial charge in [0.2, 0.25) is 5.91 Å². The fraction of sp³-hybridized carbons (Fsp3) is 0.778. The zero-order valence-electron chi connectivity index (χ0n) is 8.29. The molecule has 0 saturated carbocycles. The number of rotatable bonds is 8. The summed E-state index contributed by atoms with van der Waals surface area (Å²) in [7, 11) is 0. The standard InChI is InChI=1S/C9H18N2O3/c10-6-1-2-7-11-8(12)4-3-5-9(13)14/h1-7,10H2,(H,11,12)(H,13,14). The fourth-order valence-electron chi connectivity index (χ4n) is 0.986. The SMILES string of the molecule is NCCCCNC(=O)CCCC(=O)O. The van der Waals surface area contributed by atoms with Crippen LogP contribution in [0.15, 0.2) is 0 Å². The summed E-state index contributed by atoms with van der Waals surface area (Å²) in [4.78, 5) is 21.2. The van der Waals surface area contributed by atoms with E-state index in [1.54, 1.807) is 0 Å². The molecule has 14 heavy (non-hydrogen) atoms. The van der Waals surface area contributed by atoms with E-state index in [1.165, 1.54) is 0 Å². The van der Waals surface area contributed by atoms with Crippen molar-refractivity contribution >= 4 is 11.9 Å². The molecule has 0 fully saturated rings. The highest BCUT2D eigenvalue weighted by Crippen LogP contribution is 1.95. The molecule has 5 heteroatoms. The predicted molar refractivity (Wildman–Crippen MR) is 52.8 cm³/mol. The van der Waals surface area contributed by atoms with Gasteiger partial charge in [0, 0.05) is 19.4 Å². The number of amides is 1. The zero-order valence-corrected chi connectivity index (χ0v) is 8.29. The van der Waals surface area contributed by atoms with E-state index < -0.39 is 5.97 Å². The van der Waals surface area contributed by atoms with Gasteiger partial charge < -0.3 is 16.2 Å². The molecule has 0 unspecified atom stereocenters. The Bertz CT molecular complexity index is 183. The van der Waals surface area contributed by atoms with Crippen molar-refractivity contribution in [2.45, 2.75) is 32.1 Å². The van der Waals surface area contributed by atoms with Gasteiger partial charge in [-0.3, -0.25) is 9.59 Å². The maximum absolute atomic E-state index is 11.1. The molecule has 1 amide bonds. The van der Waals surface area contributed by atoms with Crippen molar-refractivity contribution in [3.63, 3.8) is 0 Å². The van der Waals surface area contributed by atoms with Gasteiger partial charge in [0.15, 0.2) is 0 Å². The number of carboxylic acids is 1. The van der Waals surface area contributed by atoms with Gasteiger partial charge in [-0.25, -0.2) is 0 Å². The van der Waals surface area contributed by atoms with E-state index in [9.17, 15) is 9.59 Å². The van der Waals surface area contributed by atoms with Crippen molar-refractivity contribution in [1.82, 2.24) is 5.32 Å². The van der Waals surface area contributed by atoms with E-state index in [2.05, 4.69) is 5.32 Å². The van der Waals surface area contributed by atoms with Crippen LogP contribution < -0.4 is 11.1 Å². The number of hydrogen-bond donors (Lipinski definition) is 3. The van der Waals surface area contributed by atoms with Crippen LogP contribution in [0.5, 0.6) is 0 Å². The molecular weight excluding hydrogens is 184 g/mol. The van der Waals surface area contributed by atoms with E-state index in [0.29, 0.717) is 19.5 Å². The first-order valence-corrected chi connectivity index (χ1v) is 4.85. The number of nitrogens with two attached hydrogens (primary N) is 1. The Balaban J connectivity index is 3.24. The van der Waals surface area contributed by atoms with Crippen molar-refractivity contribution < 1.29 is 14.7 Å². The van der Waals surface area contributed by atoms with Crippen LogP contribution in [0.1, 0.15) is 32.1 Å². The molecule has 0 heterocycles. The van der Waals surface area contributed by atoms with E-state index in [1.807, 2.05) is 0 Å². The lowest BCUT2D eigenvalue weighted by atomic mass is 10.2. The lowest BCUT2D eigenvalue weighted by Crippen LogP contribution is -2.24. The zero-order chi connectivity index (χ0) is 10.8. The molecule has 82 valence electrons. The van der Waals surface area contributed by atoms with E-state index in [-0.39, 0.29) is 18.7 Å². The maximum Gasteiger partial charge on any atom is 0.303 e. The fourth-order valence-corrected chi connectivity index (χ4v) is 0.986. The lowest BCUT2D eigenvalue weighted by Gasteiger charge is -2.03. The van der Waals surface area contributed by atoms with Crippen LogP contribution in [0.4, 0.5) is 0 Å². The van der Waals surface area contributed by atoms with E-state index in [4.69, 9.17) is 10.8 Å². The largest absolute Gasteiger partial charge is 0.481 e. The van der Waals surface area contributed by atoms with Crippen LogP contribution >= 0.6 is 0 Å². The second-order valence-electron chi connectivity index (χ2n) is 3.09. The summed E-state index contributed by atoms with van der Waals surface area (Å²) in [6.07, 6.45) is 2.51. The summed E-state index contributed by atoms with van der Waals surface area (Å²) < 4.78 is 0. The van der Waals surface area contributed by atoms with Crippen molar-refractivity contribution in [1.29, 1.82) is 0 Å². The molecule has 0 radical (unpaired) electrons. The monoisotopic (exact) mass is 202 g/mol. The first kappa shape index (κ1) is 12.9. The van der Waals surface area contributed by atoms with Crippen molar-refractivity contribution in [3.8, 4) is 0 Å². The second-order valence-corrected chi connectivity index (χ2v) is 3.09. The Hall–Kier alpha value is -1.10. The second kappa shape index (κ2) is 8.50. The summed E-state index contributed by atoms with van der Waals surface area (Å²) in [6.45, 7) is 1.26. The Kier molecular flexibility index (Phi) is 7.83. The average molecular weight is 202 g/mol. The highest BCUT2D eigenvalue weighted by molar-refractivity contribution is 5.76. The van der Waals surface area contributed by atoms with Crippen LogP contribution in [-0.4, -0.2) is 30.1 Å². The summed E-state index contributed by atoms with van der Waals surface area (Å²) >= 11 is 0. The Labute approximate surface area is 83.7 Å². The van der Waals surface area contributed by atoms with Crippen LogP contribution in [-0.2, 0) is 9.59 Å². The number of hydrogen-bond acceptors (Lipinski definition) is 3. The molecule has 5 nitrogen and oxygen atoms in total. The molecule has 0 aliphatic rings. The molecule has 0 rings (SSSR count). The molecule has 0 spiro atoms. The third kappa shape index (κ3) is 8.99. The Morgan fingerprint density at radius 1 is 1.14 bits per heavy atom. The number of carboxylic acid groups (broad SMARTS) is 1.